The predicted molar refractivity (Wildman–Crippen MR) is 66.6 cm³/mol. The number of aldehydes is 1. The average molecular weight is 235 g/mol. The van der Waals surface area contributed by atoms with Crippen LogP contribution in [0.2, 0.25) is 0 Å². The Morgan fingerprint density at radius 1 is 1.35 bits per heavy atom. The van der Waals surface area contributed by atoms with E-state index >= 15 is 0 Å². The van der Waals surface area contributed by atoms with Crippen LogP contribution in [-0.2, 0) is 4.79 Å². The van der Waals surface area contributed by atoms with Crippen molar-refractivity contribution in [2.45, 2.75) is 25.7 Å². The van der Waals surface area contributed by atoms with Gasteiger partial charge >= 0.3 is 0 Å². The fraction of sp³-hybridized carbons (Fsp3) is 0.500. The summed E-state index contributed by atoms with van der Waals surface area (Å²) in [6.45, 7) is 0.609. The normalized spacial score (nSPS) is 18.0. The molecule has 0 amide bonds. The van der Waals surface area contributed by atoms with E-state index in [9.17, 15) is 9.18 Å². The van der Waals surface area contributed by atoms with Gasteiger partial charge in [0.25, 0.3) is 0 Å². The van der Waals surface area contributed by atoms with E-state index in [0.717, 1.165) is 32.0 Å². The fourth-order valence-corrected chi connectivity index (χ4v) is 2.71. The Hall–Kier alpha value is -1.38. The lowest BCUT2D eigenvalue weighted by atomic mass is 9.87. The minimum atomic E-state index is -0.267. The predicted octanol–water partition coefficient (Wildman–Crippen LogP) is 3.02. The number of carbonyl (C=O) groups is 1. The van der Waals surface area contributed by atoms with Gasteiger partial charge in [-0.15, -0.1) is 0 Å². The standard InChI is InChI=1S/C14H18FNO/c1-16(13-7-3-2-6-12(13)15)10-14(11-17)8-4-5-9-14/h2-3,6-7,11H,4-5,8-10H2,1H3. The quantitative estimate of drug-likeness (QED) is 0.748. The second-order valence-corrected chi connectivity index (χ2v) is 4.99. The molecule has 2 rings (SSSR count). The summed E-state index contributed by atoms with van der Waals surface area (Å²) >= 11 is 0. The van der Waals surface area contributed by atoms with E-state index in [1.807, 2.05) is 18.0 Å². The van der Waals surface area contributed by atoms with Gasteiger partial charge in [-0.1, -0.05) is 25.0 Å². The lowest BCUT2D eigenvalue weighted by molar-refractivity contribution is -0.115. The molecule has 1 aromatic rings. The fourth-order valence-electron chi connectivity index (χ4n) is 2.71. The third-order valence-electron chi connectivity index (χ3n) is 3.67. The number of nitrogens with zero attached hydrogens (tertiary/aromatic N) is 1. The number of carbonyl (C=O) groups excluding carboxylic acids is 1. The molecule has 0 atom stereocenters. The highest BCUT2D eigenvalue weighted by molar-refractivity contribution is 5.62. The first-order chi connectivity index (χ1) is 8.17. The van der Waals surface area contributed by atoms with Crippen LogP contribution in [0.4, 0.5) is 10.1 Å². The topological polar surface area (TPSA) is 20.3 Å². The first-order valence-corrected chi connectivity index (χ1v) is 6.09. The van der Waals surface area contributed by atoms with E-state index in [-0.39, 0.29) is 11.2 Å². The van der Waals surface area contributed by atoms with Crippen molar-refractivity contribution >= 4 is 12.0 Å². The highest BCUT2D eigenvalue weighted by Gasteiger charge is 2.35. The van der Waals surface area contributed by atoms with Crippen molar-refractivity contribution in [3.05, 3.63) is 30.1 Å². The molecule has 1 aromatic carbocycles. The van der Waals surface area contributed by atoms with E-state index in [2.05, 4.69) is 0 Å². The van der Waals surface area contributed by atoms with Gasteiger partial charge in [0.1, 0.15) is 12.1 Å². The number of para-hydroxylation sites is 1. The van der Waals surface area contributed by atoms with Crippen LogP contribution in [-0.4, -0.2) is 19.9 Å². The maximum Gasteiger partial charge on any atom is 0.146 e. The number of hydrogen-bond acceptors (Lipinski definition) is 2. The van der Waals surface area contributed by atoms with Crippen LogP contribution < -0.4 is 4.90 Å². The molecular formula is C14H18FNO. The minimum absolute atomic E-state index is 0.228. The Balaban J connectivity index is 2.13. The van der Waals surface area contributed by atoms with Gasteiger partial charge in [0.2, 0.25) is 0 Å². The molecule has 1 aliphatic carbocycles. The summed E-state index contributed by atoms with van der Waals surface area (Å²) in [7, 11) is 1.85. The van der Waals surface area contributed by atoms with E-state index < -0.39 is 0 Å². The van der Waals surface area contributed by atoms with E-state index in [1.165, 1.54) is 6.07 Å². The van der Waals surface area contributed by atoms with Crippen molar-refractivity contribution < 1.29 is 9.18 Å². The van der Waals surface area contributed by atoms with Crippen molar-refractivity contribution in [3.63, 3.8) is 0 Å². The summed E-state index contributed by atoms with van der Waals surface area (Å²) in [6.07, 6.45) is 5.12. The van der Waals surface area contributed by atoms with Gasteiger partial charge in [0.15, 0.2) is 0 Å². The van der Waals surface area contributed by atoms with E-state index in [1.54, 1.807) is 12.1 Å². The number of halogens is 1. The molecule has 0 N–H and O–H groups in total. The number of benzene rings is 1. The molecule has 1 fully saturated rings. The monoisotopic (exact) mass is 235 g/mol. The molecular weight excluding hydrogens is 217 g/mol. The Kier molecular flexibility index (Phi) is 3.46. The number of anilines is 1. The Morgan fingerprint density at radius 2 is 2.00 bits per heavy atom. The zero-order valence-electron chi connectivity index (χ0n) is 10.2. The van der Waals surface area contributed by atoms with Crippen LogP contribution in [0.25, 0.3) is 0 Å². The Morgan fingerprint density at radius 3 is 2.59 bits per heavy atom. The van der Waals surface area contributed by atoms with Crippen LogP contribution >= 0.6 is 0 Å². The lowest BCUT2D eigenvalue weighted by Gasteiger charge is -2.30. The van der Waals surface area contributed by atoms with Crippen molar-refractivity contribution in [1.29, 1.82) is 0 Å². The second kappa shape index (κ2) is 4.86. The summed E-state index contributed by atoms with van der Waals surface area (Å²) in [4.78, 5) is 13.1. The molecule has 0 unspecified atom stereocenters. The van der Waals surface area contributed by atoms with Crippen LogP contribution in [0.1, 0.15) is 25.7 Å². The largest absolute Gasteiger partial charge is 0.371 e. The highest BCUT2D eigenvalue weighted by atomic mass is 19.1. The average Bonchev–Trinajstić information content (AvgIpc) is 2.79. The summed E-state index contributed by atoms with van der Waals surface area (Å²) in [5, 5.41) is 0. The molecule has 1 saturated carbocycles. The molecule has 17 heavy (non-hydrogen) atoms. The first-order valence-electron chi connectivity index (χ1n) is 6.09. The van der Waals surface area contributed by atoms with Gasteiger partial charge in [-0.2, -0.15) is 0 Å². The summed E-state index contributed by atoms with van der Waals surface area (Å²) in [6, 6.07) is 6.70. The van der Waals surface area contributed by atoms with E-state index in [0.29, 0.717) is 12.2 Å². The molecule has 1 aliphatic rings. The smallest absolute Gasteiger partial charge is 0.146 e. The Labute approximate surface area is 101 Å². The van der Waals surface area contributed by atoms with Crippen molar-refractivity contribution in [1.82, 2.24) is 0 Å². The second-order valence-electron chi connectivity index (χ2n) is 4.99. The highest BCUT2D eigenvalue weighted by Crippen LogP contribution is 2.37. The third kappa shape index (κ3) is 2.48. The zero-order valence-corrected chi connectivity index (χ0v) is 10.2. The SMILES string of the molecule is CN(CC1(C=O)CCCC1)c1ccccc1F. The van der Waals surface area contributed by atoms with Crippen LogP contribution in [0.3, 0.4) is 0 Å². The molecule has 0 heterocycles. The summed E-state index contributed by atoms with van der Waals surface area (Å²) < 4.78 is 13.6. The molecule has 92 valence electrons. The maximum atomic E-state index is 13.6. The summed E-state index contributed by atoms with van der Waals surface area (Å²) in [5.41, 5.74) is 0.303. The van der Waals surface area contributed by atoms with Gasteiger partial charge in [-0.25, -0.2) is 4.39 Å². The van der Waals surface area contributed by atoms with Gasteiger partial charge in [-0.05, 0) is 25.0 Å². The first kappa shape index (κ1) is 12.1. The van der Waals surface area contributed by atoms with Crippen molar-refractivity contribution in [3.8, 4) is 0 Å². The molecule has 0 aliphatic heterocycles. The minimum Gasteiger partial charge on any atom is -0.371 e. The molecule has 0 radical (unpaired) electrons. The molecule has 0 bridgehead atoms. The molecule has 0 spiro atoms. The van der Waals surface area contributed by atoms with Gasteiger partial charge in [0, 0.05) is 19.0 Å². The number of rotatable bonds is 4. The molecule has 0 aromatic heterocycles. The Bertz CT molecular complexity index is 399. The van der Waals surface area contributed by atoms with Crippen LogP contribution in [0, 0.1) is 11.2 Å². The van der Waals surface area contributed by atoms with E-state index in [4.69, 9.17) is 0 Å². The molecule has 0 saturated heterocycles. The number of hydrogen-bond donors (Lipinski definition) is 0. The van der Waals surface area contributed by atoms with Gasteiger partial charge < -0.3 is 9.69 Å². The van der Waals surface area contributed by atoms with Crippen LogP contribution in [0.15, 0.2) is 24.3 Å². The summed E-state index contributed by atoms with van der Waals surface area (Å²) in [5.74, 6) is -0.228. The third-order valence-corrected chi connectivity index (χ3v) is 3.67. The zero-order chi connectivity index (χ0) is 12.3. The van der Waals surface area contributed by atoms with Gasteiger partial charge in [0.05, 0.1) is 5.69 Å². The van der Waals surface area contributed by atoms with Gasteiger partial charge in [-0.3, -0.25) is 0 Å². The maximum absolute atomic E-state index is 13.6. The van der Waals surface area contributed by atoms with Crippen molar-refractivity contribution in [2.24, 2.45) is 5.41 Å². The van der Waals surface area contributed by atoms with Crippen LogP contribution in [0.5, 0.6) is 0 Å². The molecule has 2 nitrogen and oxygen atoms in total. The van der Waals surface area contributed by atoms with Crippen molar-refractivity contribution in [2.75, 3.05) is 18.5 Å². The lowest BCUT2D eigenvalue weighted by Crippen LogP contribution is -2.35. The molecule has 3 heteroatoms.